The lowest BCUT2D eigenvalue weighted by molar-refractivity contribution is -0.387. The van der Waals surface area contributed by atoms with Crippen LogP contribution in [0.25, 0.3) is 0 Å². The molecule has 2 aromatic rings. The number of aliphatic hydroxyl groups is 1. The van der Waals surface area contributed by atoms with Crippen molar-refractivity contribution in [2.45, 2.75) is 23.8 Å². The second-order valence-corrected chi connectivity index (χ2v) is 8.68. The van der Waals surface area contributed by atoms with Crippen LogP contribution in [-0.2, 0) is 15.4 Å². The van der Waals surface area contributed by atoms with Crippen molar-refractivity contribution in [1.82, 2.24) is 0 Å². The molecule has 0 spiro atoms. The fraction of sp³-hybridized carbons (Fsp3) is 0.250. The second-order valence-electron chi connectivity index (χ2n) is 5.69. The van der Waals surface area contributed by atoms with Gasteiger partial charge >= 0.3 is 0 Å². The van der Waals surface area contributed by atoms with Crippen molar-refractivity contribution in [3.8, 4) is 0 Å². The van der Waals surface area contributed by atoms with E-state index in [4.69, 9.17) is 0 Å². The van der Waals surface area contributed by atoms with E-state index in [1.807, 2.05) is 0 Å². The molecule has 134 valence electrons. The van der Waals surface area contributed by atoms with Crippen LogP contribution in [-0.4, -0.2) is 24.2 Å². The van der Waals surface area contributed by atoms with Crippen LogP contribution in [0.3, 0.4) is 0 Å². The third-order valence-corrected chi connectivity index (χ3v) is 6.01. The summed E-state index contributed by atoms with van der Waals surface area (Å²) in [5, 5.41) is 21.5. The zero-order valence-corrected chi connectivity index (χ0v) is 15.5. The van der Waals surface area contributed by atoms with Gasteiger partial charge in [0.1, 0.15) is 10.7 Å². The molecule has 0 amide bonds. The summed E-state index contributed by atoms with van der Waals surface area (Å²) in [5.41, 5.74) is -2.35. The molecule has 0 saturated carbocycles. The summed E-state index contributed by atoms with van der Waals surface area (Å²) < 4.78 is 39.4. The van der Waals surface area contributed by atoms with Crippen LogP contribution in [0.2, 0.25) is 0 Å². The molecule has 0 heterocycles. The molecule has 0 saturated heterocycles. The highest BCUT2D eigenvalue weighted by Gasteiger charge is 2.32. The fourth-order valence-electron chi connectivity index (χ4n) is 2.36. The average Bonchev–Trinajstić information content (AvgIpc) is 2.55. The van der Waals surface area contributed by atoms with Crippen LogP contribution < -0.4 is 0 Å². The minimum Gasteiger partial charge on any atom is -0.385 e. The van der Waals surface area contributed by atoms with Crippen molar-refractivity contribution in [2.24, 2.45) is 0 Å². The SMILES string of the molecule is C[C@](O)(CCS(=O)(=O)c1ccccc1[N+](=O)[O-])c1cc(Br)ccc1F. The topological polar surface area (TPSA) is 97.5 Å². The quantitative estimate of drug-likeness (QED) is 0.556. The van der Waals surface area contributed by atoms with Gasteiger partial charge in [-0.3, -0.25) is 10.1 Å². The highest BCUT2D eigenvalue weighted by Crippen LogP contribution is 2.32. The van der Waals surface area contributed by atoms with Crippen LogP contribution >= 0.6 is 15.9 Å². The van der Waals surface area contributed by atoms with E-state index in [9.17, 15) is 28.0 Å². The molecule has 1 atom stereocenters. The number of hydrogen-bond acceptors (Lipinski definition) is 5. The number of sulfone groups is 1. The number of nitro benzene ring substituents is 1. The molecule has 0 aromatic heterocycles. The first kappa shape index (κ1) is 19.5. The highest BCUT2D eigenvalue weighted by atomic mass is 79.9. The van der Waals surface area contributed by atoms with Gasteiger partial charge in [0, 0.05) is 16.1 Å². The molecular formula is C16H15BrFNO5S. The summed E-state index contributed by atoms with van der Waals surface area (Å²) >= 11 is 3.17. The molecule has 0 fully saturated rings. The van der Waals surface area contributed by atoms with Gasteiger partial charge in [-0.25, -0.2) is 12.8 Å². The second kappa shape index (κ2) is 7.19. The standard InChI is InChI=1S/C16H15BrFNO5S/c1-16(20,12-10-11(17)6-7-13(12)18)8-9-25(23,24)15-5-3-2-4-14(15)19(21)22/h2-7,10,20H,8-9H2,1H3/t16-/m0/s1. The molecular weight excluding hydrogens is 417 g/mol. The number of hydrogen-bond donors (Lipinski definition) is 1. The Morgan fingerprint density at radius 1 is 1.28 bits per heavy atom. The van der Waals surface area contributed by atoms with Gasteiger partial charge in [0.25, 0.3) is 5.69 Å². The van der Waals surface area contributed by atoms with E-state index in [0.717, 1.165) is 18.2 Å². The number of nitrogens with zero attached hydrogens (tertiary/aromatic N) is 1. The molecule has 6 nitrogen and oxygen atoms in total. The maximum atomic E-state index is 14.0. The van der Waals surface area contributed by atoms with Crippen LogP contribution in [0.4, 0.5) is 10.1 Å². The van der Waals surface area contributed by atoms with Gasteiger partial charge in [0.2, 0.25) is 0 Å². The Balaban J connectivity index is 2.31. The summed E-state index contributed by atoms with van der Waals surface area (Å²) in [4.78, 5) is 9.81. The summed E-state index contributed by atoms with van der Waals surface area (Å²) in [6.07, 6.45) is -0.325. The Bertz CT molecular complexity index is 914. The van der Waals surface area contributed by atoms with Crippen molar-refractivity contribution in [3.63, 3.8) is 0 Å². The van der Waals surface area contributed by atoms with Crippen LogP contribution in [0, 0.1) is 15.9 Å². The molecule has 25 heavy (non-hydrogen) atoms. The zero-order valence-electron chi connectivity index (χ0n) is 13.1. The Kier molecular flexibility index (Phi) is 5.60. The maximum absolute atomic E-state index is 14.0. The largest absolute Gasteiger partial charge is 0.385 e. The van der Waals surface area contributed by atoms with Gasteiger partial charge in [0.05, 0.1) is 16.3 Å². The lowest BCUT2D eigenvalue weighted by atomic mass is 9.93. The predicted molar refractivity (Wildman–Crippen MR) is 93.4 cm³/mol. The van der Waals surface area contributed by atoms with Gasteiger partial charge in [-0.2, -0.15) is 0 Å². The van der Waals surface area contributed by atoms with Gasteiger partial charge in [-0.15, -0.1) is 0 Å². The van der Waals surface area contributed by atoms with Gasteiger partial charge < -0.3 is 5.11 Å². The van der Waals surface area contributed by atoms with E-state index in [1.165, 1.54) is 31.2 Å². The monoisotopic (exact) mass is 431 g/mol. The Morgan fingerprint density at radius 3 is 2.56 bits per heavy atom. The van der Waals surface area contributed by atoms with E-state index in [2.05, 4.69) is 15.9 Å². The smallest absolute Gasteiger partial charge is 0.287 e. The molecule has 0 aliphatic carbocycles. The van der Waals surface area contributed by atoms with Crippen LogP contribution in [0.5, 0.6) is 0 Å². The average molecular weight is 432 g/mol. The molecule has 0 unspecified atom stereocenters. The maximum Gasteiger partial charge on any atom is 0.287 e. The van der Waals surface area contributed by atoms with Gasteiger partial charge in [0.15, 0.2) is 9.84 Å². The third kappa shape index (κ3) is 4.42. The Morgan fingerprint density at radius 2 is 1.92 bits per heavy atom. The molecule has 0 bridgehead atoms. The molecule has 9 heteroatoms. The summed E-state index contributed by atoms with van der Waals surface area (Å²) in [7, 11) is -4.04. The first-order valence-electron chi connectivity index (χ1n) is 7.19. The van der Waals surface area contributed by atoms with E-state index < -0.39 is 42.5 Å². The van der Waals surface area contributed by atoms with Gasteiger partial charge in [-0.05, 0) is 37.6 Å². The minimum absolute atomic E-state index is 0.0559. The zero-order chi connectivity index (χ0) is 18.8. The van der Waals surface area contributed by atoms with E-state index in [1.54, 1.807) is 0 Å². The fourth-order valence-corrected chi connectivity index (χ4v) is 4.35. The number of nitro groups is 1. The normalized spacial score (nSPS) is 14.1. The number of rotatable bonds is 6. The highest BCUT2D eigenvalue weighted by molar-refractivity contribution is 9.10. The van der Waals surface area contributed by atoms with Crippen LogP contribution in [0.15, 0.2) is 51.8 Å². The van der Waals surface area contributed by atoms with Crippen molar-refractivity contribution in [2.75, 3.05) is 5.75 Å². The minimum atomic E-state index is -4.04. The number of para-hydroxylation sites is 1. The molecule has 0 aliphatic rings. The molecule has 2 aromatic carbocycles. The van der Waals surface area contributed by atoms with Crippen molar-refractivity contribution in [3.05, 3.63) is 68.4 Å². The van der Waals surface area contributed by atoms with Crippen molar-refractivity contribution >= 4 is 31.5 Å². The van der Waals surface area contributed by atoms with Crippen LogP contribution in [0.1, 0.15) is 18.9 Å². The van der Waals surface area contributed by atoms with E-state index >= 15 is 0 Å². The lowest BCUT2D eigenvalue weighted by Crippen LogP contribution is -2.26. The Labute approximate surface area is 152 Å². The molecule has 0 radical (unpaired) electrons. The summed E-state index contributed by atoms with van der Waals surface area (Å²) in [6, 6.07) is 8.97. The van der Waals surface area contributed by atoms with Gasteiger partial charge in [-0.1, -0.05) is 28.1 Å². The first-order valence-corrected chi connectivity index (χ1v) is 9.63. The van der Waals surface area contributed by atoms with Crippen molar-refractivity contribution < 1.29 is 22.8 Å². The molecule has 2 rings (SSSR count). The lowest BCUT2D eigenvalue weighted by Gasteiger charge is -2.24. The molecule has 0 aliphatic heterocycles. The van der Waals surface area contributed by atoms with Crippen molar-refractivity contribution in [1.29, 1.82) is 0 Å². The van der Waals surface area contributed by atoms with E-state index in [-0.39, 0.29) is 12.0 Å². The molecule has 1 N–H and O–H groups in total. The Hall–Kier alpha value is -1.84. The number of halogens is 2. The first-order chi connectivity index (χ1) is 11.5. The summed E-state index contributed by atoms with van der Waals surface area (Å²) in [6.45, 7) is 1.30. The third-order valence-electron chi connectivity index (χ3n) is 3.76. The van der Waals surface area contributed by atoms with E-state index in [0.29, 0.717) is 4.47 Å². The number of benzene rings is 2. The summed E-state index contributed by atoms with van der Waals surface area (Å²) in [5.74, 6) is -1.24. The predicted octanol–water partition coefficient (Wildman–Crippen LogP) is 3.57.